The predicted octanol–water partition coefficient (Wildman–Crippen LogP) is 2.35. The Hall–Kier alpha value is -2.55. The van der Waals surface area contributed by atoms with Crippen LogP contribution in [0.25, 0.3) is 0 Å². The molecule has 2 N–H and O–H groups in total. The molecule has 1 fully saturated rings. The van der Waals surface area contributed by atoms with Gasteiger partial charge in [-0.2, -0.15) is 0 Å². The fourth-order valence-corrected chi connectivity index (χ4v) is 4.30. The van der Waals surface area contributed by atoms with Crippen molar-refractivity contribution in [2.45, 2.75) is 64.2 Å². The average molecular weight is 406 g/mol. The van der Waals surface area contributed by atoms with Crippen LogP contribution in [0.2, 0.25) is 19.6 Å². The highest BCUT2D eigenvalue weighted by Gasteiger charge is 2.52. The van der Waals surface area contributed by atoms with Crippen LogP contribution in [-0.2, 0) is 9.47 Å². The van der Waals surface area contributed by atoms with E-state index in [9.17, 15) is 14.4 Å². The molecule has 0 radical (unpaired) electrons. The maximum atomic E-state index is 12.7. The molecule has 1 aromatic rings. The van der Waals surface area contributed by atoms with Crippen LogP contribution in [0.3, 0.4) is 0 Å². The van der Waals surface area contributed by atoms with Crippen molar-refractivity contribution in [2.24, 2.45) is 0 Å². The van der Waals surface area contributed by atoms with Gasteiger partial charge in [-0.15, -0.1) is 0 Å². The summed E-state index contributed by atoms with van der Waals surface area (Å²) < 4.78 is 10.6. The number of amides is 3. The maximum absolute atomic E-state index is 12.7. The van der Waals surface area contributed by atoms with Gasteiger partial charge in [-0.05, 0) is 44.3 Å². The second-order valence-corrected chi connectivity index (χ2v) is 14.1. The zero-order valence-corrected chi connectivity index (χ0v) is 18.0. The monoisotopic (exact) mass is 405 g/mol. The molecular weight excluding hydrogens is 378 g/mol. The van der Waals surface area contributed by atoms with Crippen LogP contribution in [0, 0.1) is 0 Å². The van der Waals surface area contributed by atoms with Crippen molar-refractivity contribution in [3.63, 3.8) is 0 Å². The van der Waals surface area contributed by atoms with E-state index in [1.54, 1.807) is 39.0 Å². The highest BCUT2D eigenvalue weighted by atomic mass is 28.3. The Morgan fingerprint density at radius 3 is 2.46 bits per heavy atom. The number of hydrogen-bond acceptors (Lipinski definition) is 5. The van der Waals surface area contributed by atoms with E-state index in [0.29, 0.717) is 5.69 Å². The van der Waals surface area contributed by atoms with Crippen LogP contribution < -0.4 is 10.6 Å². The summed E-state index contributed by atoms with van der Waals surface area (Å²) in [6.45, 7) is 11.7. The van der Waals surface area contributed by atoms with Crippen molar-refractivity contribution in [3.05, 3.63) is 30.0 Å². The first-order chi connectivity index (χ1) is 12.9. The summed E-state index contributed by atoms with van der Waals surface area (Å²) in [5.41, 5.74) is -0.305. The number of carbonyl (C=O) groups excluding carboxylic acids is 3. The number of fused-ring (bicyclic) bond motifs is 1. The van der Waals surface area contributed by atoms with E-state index in [1.807, 2.05) is 6.07 Å². The molecule has 3 atom stereocenters. The Kier molecular flexibility index (Phi) is 4.91. The Labute approximate surface area is 165 Å². The Balaban J connectivity index is 1.75. The summed E-state index contributed by atoms with van der Waals surface area (Å²) in [4.78, 5) is 41.5. The SMILES string of the molecule is CC(C)(C)OC(=O)N1C(=O)O[C@@H]2C=C[C@@H](NC(=O)c3ccc([Si](C)(C)C)[nH]3)[C@@H]21. The number of rotatable bonds is 3. The fourth-order valence-electron chi connectivity index (χ4n) is 3.21. The Morgan fingerprint density at radius 1 is 1.21 bits per heavy atom. The number of aromatic amines is 1. The van der Waals surface area contributed by atoms with Gasteiger partial charge in [0, 0.05) is 0 Å². The third kappa shape index (κ3) is 3.99. The molecule has 3 rings (SSSR count). The van der Waals surface area contributed by atoms with Gasteiger partial charge in [0.25, 0.3) is 5.91 Å². The summed E-state index contributed by atoms with van der Waals surface area (Å²) in [6.07, 6.45) is 1.26. The lowest BCUT2D eigenvalue weighted by molar-refractivity contribution is 0.0276. The molecule has 0 bridgehead atoms. The van der Waals surface area contributed by atoms with E-state index in [0.717, 1.165) is 10.2 Å². The van der Waals surface area contributed by atoms with Gasteiger partial charge in [0.05, 0.1) is 14.1 Å². The van der Waals surface area contributed by atoms with E-state index >= 15 is 0 Å². The highest BCUT2D eigenvalue weighted by molar-refractivity contribution is 6.88. The molecule has 1 saturated heterocycles. The smallest absolute Gasteiger partial charge is 0.420 e. The van der Waals surface area contributed by atoms with Gasteiger partial charge in [-0.3, -0.25) is 4.79 Å². The van der Waals surface area contributed by atoms with Gasteiger partial charge < -0.3 is 19.8 Å². The maximum Gasteiger partial charge on any atom is 0.420 e. The molecule has 1 aliphatic heterocycles. The molecule has 2 heterocycles. The predicted molar refractivity (Wildman–Crippen MR) is 106 cm³/mol. The fraction of sp³-hybridized carbons (Fsp3) is 0.526. The number of nitrogens with one attached hydrogen (secondary N) is 2. The quantitative estimate of drug-likeness (QED) is 0.594. The lowest BCUT2D eigenvalue weighted by Gasteiger charge is -2.28. The number of ether oxygens (including phenoxy) is 2. The van der Waals surface area contributed by atoms with E-state index < -0.39 is 44.0 Å². The molecule has 0 aromatic carbocycles. The molecule has 8 nitrogen and oxygen atoms in total. The summed E-state index contributed by atoms with van der Waals surface area (Å²) in [7, 11) is -1.57. The van der Waals surface area contributed by atoms with Gasteiger partial charge in [0.15, 0.2) is 0 Å². The Morgan fingerprint density at radius 2 is 1.89 bits per heavy atom. The molecule has 0 saturated carbocycles. The molecular formula is C19H27N3O5Si. The number of H-pyrrole nitrogens is 1. The number of hydrogen-bond donors (Lipinski definition) is 2. The van der Waals surface area contributed by atoms with Gasteiger partial charge >= 0.3 is 12.2 Å². The van der Waals surface area contributed by atoms with Crippen molar-refractivity contribution in [2.75, 3.05) is 0 Å². The first-order valence-corrected chi connectivity index (χ1v) is 12.8. The minimum absolute atomic E-state index is 0.303. The van der Waals surface area contributed by atoms with Crippen LogP contribution >= 0.6 is 0 Å². The first-order valence-electron chi connectivity index (χ1n) is 9.28. The lowest BCUT2D eigenvalue weighted by atomic mass is 10.1. The second kappa shape index (κ2) is 6.80. The topological polar surface area (TPSA) is 101 Å². The second-order valence-electron chi connectivity index (χ2n) is 9.11. The van der Waals surface area contributed by atoms with Gasteiger partial charge in [-0.25, -0.2) is 14.5 Å². The normalized spacial score (nSPS) is 24.1. The van der Waals surface area contributed by atoms with Crippen molar-refractivity contribution < 1.29 is 23.9 Å². The number of aromatic nitrogens is 1. The number of carbonyl (C=O) groups is 3. The third-order valence-electron chi connectivity index (χ3n) is 4.57. The zero-order chi connectivity index (χ0) is 20.9. The number of imide groups is 1. The minimum Gasteiger partial charge on any atom is -0.443 e. The van der Waals surface area contributed by atoms with Crippen LogP contribution in [0.4, 0.5) is 9.59 Å². The summed E-state index contributed by atoms with van der Waals surface area (Å²) >= 11 is 0. The van der Waals surface area contributed by atoms with Crippen molar-refractivity contribution >= 4 is 31.5 Å². The summed E-state index contributed by atoms with van der Waals surface area (Å²) in [5.74, 6) is -0.303. The minimum atomic E-state index is -1.57. The molecule has 3 amide bonds. The molecule has 2 aliphatic rings. The molecule has 152 valence electrons. The first kappa shape index (κ1) is 20.2. The van der Waals surface area contributed by atoms with Gasteiger partial charge in [0.1, 0.15) is 23.4 Å². The van der Waals surface area contributed by atoms with Crippen LogP contribution in [0.5, 0.6) is 0 Å². The standard InChI is InChI=1S/C19H27N3O5Si/c1-19(2,3)27-18(25)22-15-11(7-9-13(15)26-17(22)24)21-16(23)12-8-10-14(20-12)28(4,5)6/h7-11,13,15,20H,1-6H3,(H,21,23)/t11-,13-,15+/m1/s1. The average Bonchev–Trinajstić information content (AvgIpc) is 3.20. The number of nitrogens with zero attached hydrogens (tertiary/aromatic N) is 1. The molecule has 28 heavy (non-hydrogen) atoms. The highest BCUT2D eigenvalue weighted by Crippen LogP contribution is 2.30. The van der Waals surface area contributed by atoms with Gasteiger partial charge in [0.2, 0.25) is 0 Å². The van der Waals surface area contributed by atoms with E-state index in [2.05, 4.69) is 29.9 Å². The molecule has 0 spiro atoms. The molecule has 9 heteroatoms. The van der Waals surface area contributed by atoms with Gasteiger partial charge in [-0.1, -0.05) is 25.7 Å². The van der Waals surface area contributed by atoms with Crippen LogP contribution in [0.15, 0.2) is 24.3 Å². The van der Waals surface area contributed by atoms with Crippen LogP contribution in [-0.4, -0.2) is 59.8 Å². The van der Waals surface area contributed by atoms with Crippen molar-refractivity contribution in [1.29, 1.82) is 0 Å². The Bertz CT molecular complexity index is 833. The molecule has 1 aromatic heterocycles. The van der Waals surface area contributed by atoms with Crippen LogP contribution in [0.1, 0.15) is 31.3 Å². The van der Waals surface area contributed by atoms with Crippen molar-refractivity contribution in [1.82, 2.24) is 15.2 Å². The van der Waals surface area contributed by atoms with E-state index in [-0.39, 0.29) is 5.91 Å². The molecule has 1 aliphatic carbocycles. The summed E-state index contributed by atoms with van der Waals surface area (Å²) in [6, 6.07) is 2.46. The van der Waals surface area contributed by atoms with E-state index in [4.69, 9.17) is 9.47 Å². The molecule has 0 unspecified atom stereocenters. The van der Waals surface area contributed by atoms with E-state index in [1.165, 1.54) is 0 Å². The third-order valence-corrected chi connectivity index (χ3v) is 6.48. The zero-order valence-electron chi connectivity index (χ0n) is 17.0. The van der Waals surface area contributed by atoms with Crippen molar-refractivity contribution in [3.8, 4) is 0 Å². The summed E-state index contributed by atoms with van der Waals surface area (Å²) in [5, 5.41) is 3.95. The largest absolute Gasteiger partial charge is 0.443 e. The lowest BCUT2D eigenvalue weighted by Crippen LogP contribution is -2.52.